The lowest BCUT2D eigenvalue weighted by atomic mass is 9.97. The molecule has 1 aliphatic rings. The smallest absolute Gasteiger partial charge is 0.108 e. The number of hydrogen-bond donors (Lipinski definition) is 1. The Balaban J connectivity index is 2.05. The van der Waals surface area contributed by atoms with Crippen molar-refractivity contribution in [1.82, 2.24) is 0 Å². The normalized spacial score (nSPS) is 26.6. The van der Waals surface area contributed by atoms with Crippen LogP contribution in [-0.4, -0.2) is 37.1 Å². The summed E-state index contributed by atoms with van der Waals surface area (Å²) in [6.07, 6.45) is 4.87. The molecule has 3 atom stereocenters. The number of aliphatic hydroxyl groups is 1. The Hall–Kier alpha value is -0.120. The second kappa shape index (κ2) is 7.20. The van der Waals surface area contributed by atoms with Crippen molar-refractivity contribution in [1.29, 1.82) is 0 Å². The molecule has 0 aromatic heterocycles. The lowest BCUT2D eigenvalue weighted by Gasteiger charge is -2.09. The van der Waals surface area contributed by atoms with Crippen molar-refractivity contribution in [2.75, 3.05) is 19.8 Å². The van der Waals surface area contributed by atoms with E-state index in [9.17, 15) is 0 Å². The summed E-state index contributed by atoms with van der Waals surface area (Å²) >= 11 is 0. The molecule has 0 saturated carbocycles. The molecule has 0 spiro atoms. The molecule has 3 unspecified atom stereocenters. The number of unbranched alkanes of at least 4 members (excludes halogenated alkanes) is 1. The Bertz CT molecular complexity index is 161. The summed E-state index contributed by atoms with van der Waals surface area (Å²) in [6.45, 7) is 6.15. The van der Waals surface area contributed by atoms with Crippen molar-refractivity contribution in [3.8, 4) is 0 Å². The van der Waals surface area contributed by atoms with E-state index in [-0.39, 0.29) is 6.61 Å². The second-order valence-corrected chi connectivity index (χ2v) is 4.25. The van der Waals surface area contributed by atoms with E-state index in [4.69, 9.17) is 14.6 Å². The molecule has 1 heterocycles. The van der Waals surface area contributed by atoms with E-state index in [1.807, 2.05) is 0 Å². The molecule has 1 rings (SSSR count). The van der Waals surface area contributed by atoms with Crippen molar-refractivity contribution in [3.05, 3.63) is 0 Å². The van der Waals surface area contributed by atoms with Crippen molar-refractivity contribution in [3.63, 3.8) is 0 Å². The van der Waals surface area contributed by atoms with Crippen molar-refractivity contribution < 1.29 is 14.6 Å². The Kier molecular flexibility index (Phi) is 6.22. The van der Waals surface area contributed by atoms with Gasteiger partial charge >= 0.3 is 0 Å². The molecule has 1 saturated heterocycles. The van der Waals surface area contributed by atoms with E-state index in [0.29, 0.717) is 18.1 Å². The number of hydrogen-bond acceptors (Lipinski definition) is 3. The Morgan fingerprint density at radius 3 is 2.80 bits per heavy atom. The van der Waals surface area contributed by atoms with Crippen LogP contribution in [0.5, 0.6) is 0 Å². The molecule has 0 bridgehead atoms. The average molecular weight is 216 g/mol. The fourth-order valence-electron chi connectivity index (χ4n) is 1.92. The maximum atomic E-state index is 8.89. The lowest BCUT2D eigenvalue weighted by molar-refractivity contribution is 0.114. The third kappa shape index (κ3) is 4.49. The first-order valence-electron chi connectivity index (χ1n) is 6.17. The predicted molar refractivity (Wildman–Crippen MR) is 59.9 cm³/mol. The number of epoxide rings is 1. The minimum absolute atomic E-state index is 0.266. The van der Waals surface area contributed by atoms with E-state index in [1.54, 1.807) is 0 Å². The van der Waals surface area contributed by atoms with Crippen molar-refractivity contribution >= 4 is 0 Å². The molecule has 3 nitrogen and oxygen atoms in total. The van der Waals surface area contributed by atoms with E-state index >= 15 is 0 Å². The van der Waals surface area contributed by atoms with Crippen LogP contribution in [0, 0.1) is 5.92 Å². The van der Waals surface area contributed by atoms with Gasteiger partial charge in [0.25, 0.3) is 0 Å². The molecule has 1 fully saturated rings. The number of ether oxygens (including phenoxy) is 2. The van der Waals surface area contributed by atoms with Crippen LogP contribution in [-0.2, 0) is 9.47 Å². The van der Waals surface area contributed by atoms with Crippen LogP contribution in [0.3, 0.4) is 0 Å². The van der Waals surface area contributed by atoms with Gasteiger partial charge in [-0.3, -0.25) is 0 Å². The summed E-state index contributed by atoms with van der Waals surface area (Å²) < 4.78 is 11.1. The quantitative estimate of drug-likeness (QED) is 0.473. The third-order valence-corrected chi connectivity index (χ3v) is 3.03. The minimum Gasteiger partial charge on any atom is -0.396 e. The van der Waals surface area contributed by atoms with Gasteiger partial charge in [-0.05, 0) is 18.8 Å². The van der Waals surface area contributed by atoms with Crippen LogP contribution in [0.2, 0.25) is 0 Å². The minimum atomic E-state index is 0.266. The van der Waals surface area contributed by atoms with Gasteiger partial charge in [-0.2, -0.15) is 0 Å². The first-order valence-corrected chi connectivity index (χ1v) is 6.17. The molecule has 1 N–H and O–H groups in total. The van der Waals surface area contributed by atoms with Gasteiger partial charge in [0.1, 0.15) is 6.10 Å². The predicted octanol–water partition coefficient (Wildman–Crippen LogP) is 1.98. The summed E-state index contributed by atoms with van der Waals surface area (Å²) in [5, 5.41) is 8.89. The molecule has 0 aromatic carbocycles. The fourth-order valence-corrected chi connectivity index (χ4v) is 1.92. The zero-order chi connectivity index (χ0) is 11.1. The zero-order valence-corrected chi connectivity index (χ0v) is 9.95. The molecule has 0 radical (unpaired) electrons. The Labute approximate surface area is 92.8 Å². The van der Waals surface area contributed by atoms with Crippen LogP contribution >= 0.6 is 0 Å². The van der Waals surface area contributed by atoms with Gasteiger partial charge in [0, 0.05) is 13.2 Å². The summed E-state index contributed by atoms with van der Waals surface area (Å²) in [5.74, 6) is 0.509. The van der Waals surface area contributed by atoms with Gasteiger partial charge < -0.3 is 14.6 Å². The summed E-state index contributed by atoms with van der Waals surface area (Å²) in [4.78, 5) is 0. The van der Waals surface area contributed by atoms with E-state index in [2.05, 4.69) is 13.8 Å². The number of rotatable bonds is 9. The average Bonchev–Trinajstić information content (AvgIpc) is 3.00. The molecule has 1 aliphatic heterocycles. The molecule has 90 valence electrons. The van der Waals surface area contributed by atoms with Gasteiger partial charge in [-0.25, -0.2) is 0 Å². The zero-order valence-electron chi connectivity index (χ0n) is 9.95. The van der Waals surface area contributed by atoms with Crippen LogP contribution < -0.4 is 0 Å². The Morgan fingerprint density at radius 1 is 1.40 bits per heavy atom. The lowest BCUT2D eigenvalue weighted by Crippen LogP contribution is -2.14. The van der Waals surface area contributed by atoms with Crippen LogP contribution in [0.25, 0.3) is 0 Å². The SMILES string of the molecule is CCCCOCC1OC1C(CC)CCO. The van der Waals surface area contributed by atoms with Gasteiger partial charge in [0.15, 0.2) is 0 Å². The first kappa shape index (κ1) is 12.9. The van der Waals surface area contributed by atoms with Crippen LogP contribution in [0.1, 0.15) is 39.5 Å². The number of aliphatic hydroxyl groups excluding tert-OH is 1. The molecule has 0 aromatic rings. The maximum Gasteiger partial charge on any atom is 0.108 e. The topological polar surface area (TPSA) is 42.0 Å². The molecular formula is C12H24O3. The molecule has 0 amide bonds. The van der Waals surface area contributed by atoms with Crippen LogP contribution in [0.15, 0.2) is 0 Å². The largest absolute Gasteiger partial charge is 0.396 e. The highest BCUT2D eigenvalue weighted by molar-refractivity contribution is 4.89. The van der Waals surface area contributed by atoms with Gasteiger partial charge in [0.2, 0.25) is 0 Å². The van der Waals surface area contributed by atoms with E-state index < -0.39 is 0 Å². The van der Waals surface area contributed by atoms with E-state index in [1.165, 1.54) is 6.42 Å². The van der Waals surface area contributed by atoms with Crippen LogP contribution in [0.4, 0.5) is 0 Å². The van der Waals surface area contributed by atoms with E-state index in [0.717, 1.165) is 32.5 Å². The molecular weight excluding hydrogens is 192 g/mol. The van der Waals surface area contributed by atoms with Gasteiger partial charge in [-0.1, -0.05) is 26.7 Å². The monoisotopic (exact) mass is 216 g/mol. The Morgan fingerprint density at radius 2 is 2.20 bits per heavy atom. The highest BCUT2D eigenvalue weighted by Crippen LogP contribution is 2.33. The summed E-state index contributed by atoms with van der Waals surface area (Å²) in [5.41, 5.74) is 0. The summed E-state index contributed by atoms with van der Waals surface area (Å²) in [6, 6.07) is 0. The fraction of sp³-hybridized carbons (Fsp3) is 1.00. The summed E-state index contributed by atoms with van der Waals surface area (Å²) in [7, 11) is 0. The van der Waals surface area contributed by atoms with Crippen molar-refractivity contribution in [2.24, 2.45) is 5.92 Å². The highest BCUT2D eigenvalue weighted by Gasteiger charge is 2.43. The standard InChI is InChI=1S/C12H24O3/c1-3-5-8-14-9-11-12(15-11)10(4-2)6-7-13/h10-13H,3-9H2,1-2H3. The van der Waals surface area contributed by atoms with Gasteiger partial charge in [0.05, 0.1) is 12.7 Å². The molecule has 3 heteroatoms. The third-order valence-electron chi connectivity index (χ3n) is 3.03. The molecule has 15 heavy (non-hydrogen) atoms. The van der Waals surface area contributed by atoms with Gasteiger partial charge in [-0.15, -0.1) is 0 Å². The maximum absolute atomic E-state index is 8.89. The second-order valence-electron chi connectivity index (χ2n) is 4.25. The molecule has 0 aliphatic carbocycles. The van der Waals surface area contributed by atoms with Crippen molar-refractivity contribution in [2.45, 2.75) is 51.7 Å². The first-order chi connectivity index (χ1) is 7.33. The highest BCUT2D eigenvalue weighted by atomic mass is 16.6.